The molecule has 0 N–H and O–H groups in total. The number of hydrogen-bond acceptors (Lipinski definition) is 2. The van der Waals surface area contributed by atoms with Gasteiger partial charge in [-0.1, -0.05) is 44.0 Å². The Morgan fingerprint density at radius 2 is 1.55 bits per heavy atom. The molecule has 6 heteroatoms. The number of carbonyl (C=O) groups excluding carboxylic acids is 2. The highest BCUT2D eigenvalue weighted by Crippen LogP contribution is 2.23. The predicted molar refractivity (Wildman–Crippen MR) is 88.4 cm³/mol. The Morgan fingerprint density at radius 1 is 1.00 bits per heavy atom. The minimum Gasteiger partial charge on any atom is -0.339 e. The Balaban J connectivity index is 2.02. The highest BCUT2D eigenvalue weighted by Gasteiger charge is 2.31. The van der Waals surface area contributed by atoms with Crippen LogP contribution in [0.4, 0.5) is 0 Å². The van der Waals surface area contributed by atoms with Crippen LogP contribution in [-0.2, 0) is 4.79 Å². The fourth-order valence-corrected chi connectivity index (χ4v) is 2.91. The van der Waals surface area contributed by atoms with Gasteiger partial charge < -0.3 is 9.80 Å². The highest BCUT2D eigenvalue weighted by atomic mass is 35.5. The van der Waals surface area contributed by atoms with Gasteiger partial charge in [-0.25, -0.2) is 0 Å². The van der Waals surface area contributed by atoms with Gasteiger partial charge in [-0.2, -0.15) is 0 Å². The van der Waals surface area contributed by atoms with E-state index in [-0.39, 0.29) is 11.8 Å². The SMILES string of the molecule is CC(C)(C)C(=O)N1CCN(C(=O)c2ccc(Cl)cc2Cl)CC1. The van der Waals surface area contributed by atoms with Crippen molar-refractivity contribution < 1.29 is 9.59 Å². The molecule has 1 heterocycles. The fourth-order valence-electron chi connectivity index (χ4n) is 2.42. The van der Waals surface area contributed by atoms with E-state index < -0.39 is 5.41 Å². The summed E-state index contributed by atoms with van der Waals surface area (Å²) >= 11 is 11.9. The molecular weight excluding hydrogens is 323 g/mol. The molecule has 0 spiro atoms. The number of amides is 2. The lowest BCUT2D eigenvalue weighted by Gasteiger charge is -2.37. The van der Waals surface area contributed by atoms with E-state index in [4.69, 9.17) is 23.2 Å². The Morgan fingerprint density at radius 3 is 2.05 bits per heavy atom. The molecule has 0 bridgehead atoms. The third-order valence-corrected chi connectivity index (χ3v) is 4.21. The van der Waals surface area contributed by atoms with E-state index in [1.807, 2.05) is 25.7 Å². The Hall–Kier alpha value is -1.26. The van der Waals surface area contributed by atoms with Crippen LogP contribution in [0.15, 0.2) is 18.2 Å². The fraction of sp³-hybridized carbons (Fsp3) is 0.500. The van der Waals surface area contributed by atoms with Gasteiger partial charge in [0, 0.05) is 36.6 Å². The summed E-state index contributed by atoms with van der Waals surface area (Å²) in [7, 11) is 0. The van der Waals surface area contributed by atoms with Gasteiger partial charge in [-0.05, 0) is 18.2 Å². The predicted octanol–water partition coefficient (Wildman–Crippen LogP) is 3.32. The first-order valence-electron chi connectivity index (χ1n) is 7.24. The number of carbonyl (C=O) groups is 2. The van der Waals surface area contributed by atoms with Crippen molar-refractivity contribution in [3.05, 3.63) is 33.8 Å². The van der Waals surface area contributed by atoms with Crippen LogP contribution < -0.4 is 0 Å². The summed E-state index contributed by atoms with van der Waals surface area (Å²) in [5.41, 5.74) is 0.0488. The van der Waals surface area contributed by atoms with Crippen LogP contribution >= 0.6 is 23.2 Å². The van der Waals surface area contributed by atoms with Crippen LogP contribution in [0.5, 0.6) is 0 Å². The summed E-state index contributed by atoms with van der Waals surface area (Å²) in [6.45, 7) is 7.83. The smallest absolute Gasteiger partial charge is 0.255 e. The summed E-state index contributed by atoms with van der Waals surface area (Å²) in [5, 5.41) is 0.854. The lowest BCUT2D eigenvalue weighted by molar-refractivity contribution is -0.140. The number of hydrogen-bond donors (Lipinski definition) is 0. The molecule has 1 fully saturated rings. The minimum absolute atomic E-state index is 0.115. The normalized spacial score (nSPS) is 15.9. The second-order valence-corrected chi connectivity index (χ2v) is 7.30. The molecule has 0 saturated carbocycles. The first-order chi connectivity index (χ1) is 10.2. The summed E-state index contributed by atoms with van der Waals surface area (Å²) in [6, 6.07) is 4.86. The number of halogens is 2. The van der Waals surface area contributed by atoms with Crippen molar-refractivity contribution in [2.75, 3.05) is 26.2 Å². The molecule has 1 saturated heterocycles. The van der Waals surface area contributed by atoms with Gasteiger partial charge >= 0.3 is 0 Å². The maximum atomic E-state index is 12.5. The first kappa shape index (κ1) is 17.1. The van der Waals surface area contributed by atoms with Gasteiger partial charge in [0.25, 0.3) is 5.91 Å². The van der Waals surface area contributed by atoms with Crippen LogP contribution in [0.2, 0.25) is 10.0 Å². The Labute approximate surface area is 141 Å². The standard InChI is InChI=1S/C16H20Cl2N2O2/c1-16(2,3)15(22)20-8-6-19(7-9-20)14(21)12-5-4-11(17)10-13(12)18/h4-5,10H,6-9H2,1-3H3. The van der Waals surface area contributed by atoms with E-state index in [1.54, 1.807) is 23.1 Å². The zero-order valence-corrected chi connectivity index (χ0v) is 14.5. The topological polar surface area (TPSA) is 40.6 Å². The van der Waals surface area contributed by atoms with Gasteiger partial charge in [0.2, 0.25) is 5.91 Å². The average Bonchev–Trinajstić information content (AvgIpc) is 2.45. The second kappa shape index (κ2) is 6.47. The summed E-state index contributed by atoms with van der Waals surface area (Å²) in [4.78, 5) is 28.3. The molecule has 0 atom stereocenters. The molecule has 22 heavy (non-hydrogen) atoms. The molecule has 2 amide bonds. The largest absolute Gasteiger partial charge is 0.339 e. The molecule has 4 nitrogen and oxygen atoms in total. The lowest BCUT2D eigenvalue weighted by Crippen LogP contribution is -2.53. The van der Waals surface area contributed by atoms with Gasteiger partial charge in [0.05, 0.1) is 10.6 Å². The van der Waals surface area contributed by atoms with Gasteiger partial charge in [0.15, 0.2) is 0 Å². The molecule has 0 radical (unpaired) electrons. The molecule has 1 aliphatic heterocycles. The number of nitrogens with zero attached hydrogens (tertiary/aromatic N) is 2. The van der Waals surface area contributed by atoms with Crippen molar-refractivity contribution >= 4 is 35.0 Å². The number of piperazine rings is 1. The zero-order chi connectivity index (χ0) is 16.5. The van der Waals surface area contributed by atoms with Crippen LogP contribution in [0.25, 0.3) is 0 Å². The van der Waals surface area contributed by atoms with E-state index in [1.165, 1.54) is 0 Å². The summed E-state index contributed by atoms with van der Waals surface area (Å²) < 4.78 is 0. The third kappa shape index (κ3) is 3.73. The zero-order valence-electron chi connectivity index (χ0n) is 13.0. The van der Waals surface area contributed by atoms with Crippen molar-refractivity contribution in [3.63, 3.8) is 0 Å². The Bertz CT molecular complexity index is 588. The van der Waals surface area contributed by atoms with E-state index in [9.17, 15) is 9.59 Å². The van der Waals surface area contributed by atoms with Gasteiger partial charge in [-0.3, -0.25) is 9.59 Å². The monoisotopic (exact) mass is 342 g/mol. The molecule has 1 aromatic carbocycles. The average molecular weight is 343 g/mol. The van der Waals surface area contributed by atoms with E-state index in [2.05, 4.69) is 0 Å². The minimum atomic E-state index is -0.397. The van der Waals surface area contributed by atoms with Crippen LogP contribution in [0.1, 0.15) is 31.1 Å². The lowest BCUT2D eigenvalue weighted by atomic mass is 9.94. The highest BCUT2D eigenvalue weighted by molar-refractivity contribution is 6.36. The molecule has 120 valence electrons. The molecule has 0 aromatic heterocycles. The summed E-state index contributed by atoms with van der Waals surface area (Å²) in [5.74, 6) is -0.00588. The van der Waals surface area contributed by atoms with Crippen molar-refractivity contribution in [2.45, 2.75) is 20.8 Å². The number of rotatable bonds is 1. The van der Waals surface area contributed by atoms with E-state index in [0.29, 0.717) is 41.8 Å². The van der Waals surface area contributed by atoms with Crippen molar-refractivity contribution in [2.24, 2.45) is 5.41 Å². The number of benzene rings is 1. The molecule has 1 aliphatic rings. The van der Waals surface area contributed by atoms with Gasteiger partial charge in [0.1, 0.15) is 0 Å². The maximum Gasteiger partial charge on any atom is 0.255 e. The molecule has 0 aliphatic carbocycles. The van der Waals surface area contributed by atoms with Crippen molar-refractivity contribution in [1.29, 1.82) is 0 Å². The third-order valence-electron chi connectivity index (χ3n) is 3.66. The van der Waals surface area contributed by atoms with Crippen LogP contribution in [0.3, 0.4) is 0 Å². The molecule has 2 rings (SSSR count). The van der Waals surface area contributed by atoms with E-state index >= 15 is 0 Å². The Kier molecular flexibility index (Phi) is 5.03. The van der Waals surface area contributed by atoms with Gasteiger partial charge in [-0.15, -0.1) is 0 Å². The van der Waals surface area contributed by atoms with E-state index in [0.717, 1.165) is 0 Å². The quantitative estimate of drug-likeness (QED) is 0.785. The second-order valence-electron chi connectivity index (χ2n) is 6.46. The molecular formula is C16H20Cl2N2O2. The molecule has 0 unspecified atom stereocenters. The van der Waals surface area contributed by atoms with Crippen LogP contribution in [-0.4, -0.2) is 47.8 Å². The molecule has 1 aromatic rings. The van der Waals surface area contributed by atoms with Crippen molar-refractivity contribution in [3.8, 4) is 0 Å². The first-order valence-corrected chi connectivity index (χ1v) is 7.99. The maximum absolute atomic E-state index is 12.5. The van der Waals surface area contributed by atoms with Crippen molar-refractivity contribution in [1.82, 2.24) is 9.80 Å². The van der Waals surface area contributed by atoms with Crippen LogP contribution in [0, 0.1) is 5.41 Å². The summed E-state index contributed by atoms with van der Waals surface area (Å²) in [6.07, 6.45) is 0.